The molecule has 1 aliphatic carbocycles. The van der Waals surface area contributed by atoms with Crippen LogP contribution in [0.1, 0.15) is 23.1 Å². The first-order chi connectivity index (χ1) is 12.2. The van der Waals surface area contributed by atoms with E-state index in [0.29, 0.717) is 5.11 Å². The van der Waals surface area contributed by atoms with Gasteiger partial charge < -0.3 is 20.1 Å². The second kappa shape index (κ2) is 8.21. The fraction of sp³-hybridized carbons (Fsp3) is 0.350. The summed E-state index contributed by atoms with van der Waals surface area (Å²) >= 11 is 5.40. The molecule has 4 nitrogen and oxygen atoms in total. The molecule has 132 valence electrons. The van der Waals surface area contributed by atoms with E-state index in [2.05, 4.69) is 28.8 Å². The number of fused-ring (bicyclic) bond motifs is 1. The van der Waals surface area contributed by atoms with Crippen molar-refractivity contribution in [3.8, 4) is 11.5 Å². The summed E-state index contributed by atoms with van der Waals surface area (Å²) in [6.45, 7) is 0.756. The average molecular weight is 356 g/mol. The van der Waals surface area contributed by atoms with E-state index in [1.165, 1.54) is 36.0 Å². The Balaban J connectivity index is 1.49. The highest BCUT2D eigenvalue weighted by Gasteiger charge is 2.11. The Labute approximate surface area is 154 Å². The van der Waals surface area contributed by atoms with E-state index in [1.807, 2.05) is 18.2 Å². The Kier molecular flexibility index (Phi) is 5.76. The number of hydrogen-bond acceptors (Lipinski definition) is 3. The quantitative estimate of drug-likeness (QED) is 0.772. The van der Waals surface area contributed by atoms with Gasteiger partial charge in [0.2, 0.25) is 0 Å². The minimum absolute atomic E-state index is 0.651. The zero-order chi connectivity index (χ0) is 17.6. The molecular weight excluding hydrogens is 332 g/mol. The third kappa shape index (κ3) is 4.42. The summed E-state index contributed by atoms with van der Waals surface area (Å²) in [7, 11) is 3.29. The van der Waals surface area contributed by atoms with Gasteiger partial charge in [0.15, 0.2) is 16.6 Å². The van der Waals surface area contributed by atoms with Gasteiger partial charge in [-0.1, -0.05) is 12.1 Å². The van der Waals surface area contributed by atoms with Crippen molar-refractivity contribution in [2.75, 3.05) is 26.1 Å². The predicted octanol–water partition coefficient (Wildman–Crippen LogP) is 3.72. The van der Waals surface area contributed by atoms with Gasteiger partial charge in [-0.25, -0.2) is 0 Å². The van der Waals surface area contributed by atoms with Crippen molar-refractivity contribution in [1.82, 2.24) is 5.32 Å². The van der Waals surface area contributed by atoms with E-state index in [9.17, 15) is 0 Å². The van der Waals surface area contributed by atoms with Crippen molar-refractivity contribution >= 4 is 23.0 Å². The van der Waals surface area contributed by atoms with Crippen molar-refractivity contribution in [2.24, 2.45) is 0 Å². The Hall–Kier alpha value is -2.27. The van der Waals surface area contributed by atoms with Gasteiger partial charge in [-0.15, -0.1) is 0 Å². The van der Waals surface area contributed by atoms with Crippen LogP contribution in [0, 0.1) is 0 Å². The van der Waals surface area contributed by atoms with Crippen molar-refractivity contribution in [3.05, 3.63) is 53.1 Å². The number of hydrogen-bond donors (Lipinski definition) is 2. The van der Waals surface area contributed by atoms with Gasteiger partial charge in [0.25, 0.3) is 0 Å². The molecule has 0 atom stereocenters. The summed E-state index contributed by atoms with van der Waals surface area (Å²) in [6.07, 6.45) is 4.48. The topological polar surface area (TPSA) is 42.5 Å². The molecule has 2 aromatic carbocycles. The van der Waals surface area contributed by atoms with Crippen LogP contribution in [0.15, 0.2) is 36.4 Å². The average Bonchev–Trinajstić information content (AvgIpc) is 3.09. The summed E-state index contributed by atoms with van der Waals surface area (Å²) in [5.74, 6) is 1.49. The van der Waals surface area contributed by atoms with Crippen LogP contribution < -0.4 is 20.1 Å². The molecule has 0 spiro atoms. The first-order valence-corrected chi connectivity index (χ1v) is 8.98. The molecular formula is C20H24N2O2S. The third-order valence-electron chi connectivity index (χ3n) is 4.50. The highest BCUT2D eigenvalue weighted by atomic mass is 32.1. The molecule has 5 heteroatoms. The smallest absolute Gasteiger partial charge is 0.170 e. The minimum Gasteiger partial charge on any atom is -0.493 e. The molecule has 0 bridgehead atoms. The number of rotatable bonds is 6. The lowest BCUT2D eigenvalue weighted by molar-refractivity contribution is 0.354. The van der Waals surface area contributed by atoms with Crippen molar-refractivity contribution in [1.29, 1.82) is 0 Å². The van der Waals surface area contributed by atoms with Crippen LogP contribution in [-0.4, -0.2) is 25.9 Å². The number of thiocarbonyl (C=S) groups is 1. The maximum Gasteiger partial charge on any atom is 0.170 e. The van der Waals surface area contributed by atoms with Crippen LogP contribution in [0.4, 0.5) is 5.69 Å². The largest absolute Gasteiger partial charge is 0.493 e. The van der Waals surface area contributed by atoms with E-state index < -0.39 is 0 Å². The van der Waals surface area contributed by atoms with Gasteiger partial charge in [0.05, 0.1) is 14.2 Å². The molecule has 0 saturated heterocycles. The second-order valence-corrected chi connectivity index (χ2v) is 6.57. The van der Waals surface area contributed by atoms with E-state index in [0.717, 1.165) is 30.2 Å². The van der Waals surface area contributed by atoms with E-state index in [4.69, 9.17) is 21.7 Å². The highest BCUT2D eigenvalue weighted by molar-refractivity contribution is 7.80. The fourth-order valence-electron chi connectivity index (χ4n) is 3.18. The lowest BCUT2D eigenvalue weighted by Gasteiger charge is -2.13. The van der Waals surface area contributed by atoms with Crippen LogP contribution in [-0.2, 0) is 19.3 Å². The van der Waals surface area contributed by atoms with Gasteiger partial charge in [-0.2, -0.15) is 0 Å². The van der Waals surface area contributed by atoms with Gasteiger partial charge in [-0.3, -0.25) is 0 Å². The van der Waals surface area contributed by atoms with Gasteiger partial charge in [0, 0.05) is 12.2 Å². The number of methoxy groups -OCH3 is 2. The number of benzene rings is 2. The second-order valence-electron chi connectivity index (χ2n) is 6.16. The molecule has 1 aliphatic rings. The van der Waals surface area contributed by atoms with E-state index in [1.54, 1.807) is 14.2 Å². The standard InChI is InChI=1S/C20H24N2O2S/c1-23-18-9-6-14(12-19(18)24-2)10-11-21-20(25)22-17-8-7-15-4-3-5-16(15)13-17/h6-9,12-13H,3-5,10-11H2,1-2H3,(H2,21,22,25). The van der Waals surface area contributed by atoms with Crippen LogP contribution in [0.5, 0.6) is 11.5 Å². The highest BCUT2D eigenvalue weighted by Crippen LogP contribution is 2.27. The van der Waals surface area contributed by atoms with Crippen molar-refractivity contribution < 1.29 is 9.47 Å². The van der Waals surface area contributed by atoms with Gasteiger partial charge in [-0.05, 0) is 78.9 Å². The van der Waals surface area contributed by atoms with Crippen LogP contribution in [0.2, 0.25) is 0 Å². The normalized spacial score (nSPS) is 12.4. The molecule has 0 radical (unpaired) electrons. The monoisotopic (exact) mass is 356 g/mol. The van der Waals surface area contributed by atoms with Crippen LogP contribution in [0.25, 0.3) is 0 Å². The molecule has 0 saturated carbocycles. The lowest BCUT2D eigenvalue weighted by atomic mass is 10.1. The molecule has 25 heavy (non-hydrogen) atoms. The first-order valence-electron chi connectivity index (χ1n) is 8.57. The zero-order valence-corrected chi connectivity index (χ0v) is 15.5. The SMILES string of the molecule is COc1ccc(CCNC(=S)Nc2ccc3c(c2)CCC3)cc1OC. The van der Waals surface area contributed by atoms with Gasteiger partial charge >= 0.3 is 0 Å². The number of ether oxygens (including phenoxy) is 2. The summed E-state index contributed by atoms with van der Waals surface area (Å²) in [5.41, 5.74) is 5.14. The van der Waals surface area contributed by atoms with Crippen molar-refractivity contribution in [2.45, 2.75) is 25.7 Å². The van der Waals surface area contributed by atoms with Crippen LogP contribution >= 0.6 is 12.2 Å². The molecule has 0 aromatic heterocycles. The molecule has 2 N–H and O–H groups in total. The number of aryl methyl sites for hydroxylation is 2. The maximum absolute atomic E-state index is 5.40. The zero-order valence-electron chi connectivity index (χ0n) is 14.7. The Morgan fingerprint density at radius 1 is 1.00 bits per heavy atom. The minimum atomic E-state index is 0.651. The van der Waals surface area contributed by atoms with Crippen LogP contribution in [0.3, 0.4) is 0 Å². The van der Waals surface area contributed by atoms with Crippen molar-refractivity contribution in [3.63, 3.8) is 0 Å². The first kappa shape index (κ1) is 17.5. The maximum atomic E-state index is 5.40. The molecule has 0 aliphatic heterocycles. The third-order valence-corrected chi connectivity index (χ3v) is 4.75. The van der Waals surface area contributed by atoms with E-state index >= 15 is 0 Å². The Morgan fingerprint density at radius 3 is 2.60 bits per heavy atom. The summed E-state index contributed by atoms with van der Waals surface area (Å²) in [4.78, 5) is 0. The summed E-state index contributed by atoms with van der Waals surface area (Å²) in [5, 5.41) is 7.19. The molecule has 2 aromatic rings. The fourth-order valence-corrected chi connectivity index (χ4v) is 3.40. The predicted molar refractivity (Wildman–Crippen MR) is 106 cm³/mol. The Morgan fingerprint density at radius 2 is 1.80 bits per heavy atom. The summed E-state index contributed by atoms with van der Waals surface area (Å²) < 4.78 is 10.6. The van der Waals surface area contributed by atoms with Gasteiger partial charge in [0.1, 0.15) is 0 Å². The number of nitrogens with one attached hydrogen (secondary N) is 2. The van der Waals surface area contributed by atoms with E-state index in [-0.39, 0.29) is 0 Å². The lowest BCUT2D eigenvalue weighted by Crippen LogP contribution is -2.30. The molecule has 0 unspecified atom stereocenters. The molecule has 0 fully saturated rings. The summed E-state index contributed by atoms with van der Waals surface area (Å²) in [6, 6.07) is 12.5. The number of anilines is 1. The molecule has 3 rings (SSSR count). The Bertz CT molecular complexity index is 761. The molecule has 0 heterocycles. The molecule has 0 amide bonds.